The third-order valence-corrected chi connectivity index (χ3v) is 3.62. The Kier molecular flexibility index (Phi) is 12.4. The minimum atomic E-state index is 0.632. The molecule has 0 heterocycles. The van der Waals surface area contributed by atoms with E-state index in [0.29, 0.717) is 26.4 Å². The standard InChI is InChI=1S/C19H33N3O3/c1-4-5-12-24-14-15-25-13-11-22-19(20-2)21-10-9-17-7-6-8-18(16-17)23-3/h6-8,16H,4-5,9-15H2,1-3H3,(H2,20,21,22). The monoisotopic (exact) mass is 351 g/mol. The molecule has 142 valence electrons. The number of hydrogen-bond donors (Lipinski definition) is 2. The molecule has 0 bridgehead atoms. The predicted molar refractivity (Wildman–Crippen MR) is 103 cm³/mol. The summed E-state index contributed by atoms with van der Waals surface area (Å²) in [4.78, 5) is 4.21. The van der Waals surface area contributed by atoms with E-state index >= 15 is 0 Å². The number of nitrogens with zero attached hydrogens (tertiary/aromatic N) is 1. The first-order valence-electron chi connectivity index (χ1n) is 9.03. The van der Waals surface area contributed by atoms with Crippen molar-refractivity contribution in [2.24, 2.45) is 4.99 Å². The molecule has 2 N–H and O–H groups in total. The van der Waals surface area contributed by atoms with Gasteiger partial charge in [-0.05, 0) is 30.5 Å². The number of hydrogen-bond acceptors (Lipinski definition) is 4. The van der Waals surface area contributed by atoms with Crippen molar-refractivity contribution in [1.29, 1.82) is 0 Å². The Morgan fingerprint density at radius 3 is 2.52 bits per heavy atom. The molecule has 6 nitrogen and oxygen atoms in total. The van der Waals surface area contributed by atoms with Crippen LogP contribution in [0.2, 0.25) is 0 Å². The summed E-state index contributed by atoms with van der Waals surface area (Å²) in [6.45, 7) is 6.42. The summed E-state index contributed by atoms with van der Waals surface area (Å²) >= 11 is 0. The van der Waals surface area contributed by atoms with E-state index in [1.165, 1.54) is 5.56 Å². The van der Waals surface area contributed by atoms with Crippen LogP contribution in [-0.2, 0) is 15.9 Å². The van der Waals surface area contributed by atoms with Crippen molar-refractivity contribution in [2.45, 2.75) is 26.2 Å². The van der Waals surface area contributed by atoms with Gasteiger partial charge in [0.05, 0.1) is 26.9 Å². The molecule has 1 rings (SSSR count). The van der Waals surface area contributed by atoms with Gasteiger partial charge < -0.3 is 24.8 Å². The Labute approximate surface area is 152 Å². The largest absolute Gasteiger partial charge is 0.497 e. The van der Waals surface area contributed by atoms with Gasteiger partial charge in [0.2, 0.25) is 0 Å². The second-order valence-electron chi connectivity index (χ2n) is 5.61. The van der Waals surface area contributed by atoms with Crippen molar-refractivity contribution in [1.82, 2.24) is 10.6 Å². The number of guanidine groups is 1. The van der Waals surface area contributed by atoms with Gasteiger partial charge in [-0.3, -0.25) is 4.99 Å². The fourth-order valence-electron chi connectivity index (χ4n) is 2.18. The number of unbranched alkanes of at least 4 members (excludes halogenated alkanes) is 1. The highest BCUT2D eigenvalue weighted by molar-refractivity contribution is 5.79. The Balaban J connectivity index is 2.06. The molecule has 0 unspecified atom stereocenters. The number of aliphatic imine (C=N–C) groups is 1. The van der Waals surface area contributed by atoms with Gasteiger partial charge in [0.25, 0.3) is 0 Å². The molecule has 0 fully saturated rings. The maximum Gasteiger partial charge on any atom is 0.191 e. The summed E-state index contributed by atoms with van der Waals surface area (Å²) in [5.74, 6) is 1.67. The Morgan fingerprint density at radius 1 is 1.04 bits per heavy atom. The molecule has 25 heavy (non-hydrogen) atoms. The molecule has 1 aromatic rings. The van der Waals surface area contributed by atoms with Gasteiger partial charge in [0.1, 0.15) is 5.75 Å². The first-order chi connectivity index (χ1) is 12.3. The fraction of sp³-hybridized carbons (Fsp3) is 0.632. The zero-order chi connectivity index (χ0) is 18.2. The van der Waals surface area contributed by atoms with Crippen LogP contribution in [0, 0.1) is 0 Å². The highest BCUT2D eigenvalue weighted by Crippen LogP contribution is 2.12. The summed E-state index contributed by atoms with van der Waals surface area (Å²) in [7, 11) is 3.45. The SMILES string of the molecule is CCCCOCCOCCNC(=NC)NCCc1cccc(OC)c1. The minimum absolute atomic E-state index is 0.632. The molecule has 1 aromatic carbocycles. The molecule has 0 amide bonds. The number of nitrogens with one attached hydrogen (secondary N) is 2. The molecule has 0 radical (unpaired) electrons. The number of benzene rings is 1. The molecule has 0 atom stereocenters. The lowest BCUT2D eigenvalue weighted by Gasteiger charge is -2.12. The van der Waals surface area contributed by atoms with Gasteiger partial charge in [-0.2, -0.15) is 0 Å². The van der Waals surface area contributed by atoms with Crippen molar-refractivity contribution in [3.8, 4) is 5.75 Å². The lowest BCUT2D eigenvalue weighted by Crippen LogP contribution is -2.39. The van der Waals surface area contributed by atoms with Crippen LogP contribution in [0.5, 0.6) is 5.75 Å². The summed E-state index contributed by atoms with van der Waals surface area (Å²) in [6, 6.07) is 8.10. The van der Waals surface area contributed by atoms with Crippen LogP contribution >= 0.6 is 0 Å². The lowest BCUT2D eigenvalue weighted by molar-refractivity contribution is 0.0487. The molecular weight excluding hydrogens is 318 g/mol. The summed E-state index contributed by atoms with van der Waals surface area (Å²) < 4.78 is 16.2. The van der Waals surface area contributed by atoms with E-state index in [0.717, 1.165) is 44.1 Å². The molecule has 0 saturated heterocycles. The normalized spacial score (nSPS) is 11.4. The lowest BCUT2D eigenvalue weighted by atomic mass is 10.1. The molecular formula is C19H33N3O3. The van der Waals surface area contributed by atoms with Crippen molar-refractivity contribution in [3.63, 3.8) is 0 Å². The second kappa shape index (κ2) is 14.5. The van der Waals surface area contributed by atoms with Crippen molar-refractivity contribution in [2.75, 3.05) is 53.7 Å². The van der Waals surface area contributed by atoms with Crippen LogP contribution in [-0.4, -0.2) is 59.6 Å². The molecule has 6 heteroatoms. The molecule has 0 aromatic heterocycles. The highest BCUT2D eigenvalue weighted by atomic mass is 16.5. The van der Waals surface area contributed by atoms with Crippen LogP contribution in [0.1, 0.15) is 25.3 Å². The van der Waals surface area contributed by atoms with Gasteiger partial charge in [-0.15, -0.1) is 0 Å². The Bertz CT molecular complexity index is 481. The van der Waals surface area contributed by atoms with Crippen molar-refractivity contribution in [3.05, 3.63) is 29.8 Å². The van der Waals surface area contributed by atoms with Crippen LogP contribution in [0.25, 0.3) is 0 Å². The average molecular weight is 351 g/mol. The summed E-state index contributed by atoms with van der Waals surface area (Å²) in [6.07, 6.45) is 3.18. The summed E-state index contributed by atoms with van der Waals surface area (Å²) in [5.41, 5.74) is 1.23. The van der Waals surface area contributed by atoms with Crippen LogP contribution < -0.4 is 15.4 Å². The third kappa shape index (κ3) is 10.6. The van der Waals surface area contributed by atoms with E-state index in [2.05, 4.69) is 28.6 Å². The van der Waals surface area contributed by atoms with E-state index in [9.17, 15) is 0 Å². The molecule has 0 aliphatic rings. The van der Waals surface area contributed by atoms with E-state index in [4.69, 9.17) is 14.2 Å². The molecule has 0 spiro atoms. The number of ether oxygens (including phenoxy) is 3. The van der Waals surface area contributed by atoms with Gasteiger partial charge in [0.15, 0.2) is 5.96 Å². The maximum absolute atomic E-state index is 5.52. The van der Waals surface area contributed by atoms with E-state index in [-0.39, 0.29) is 0 Å². The molecule has 0 saturated carbocycles. The quantitative estimate of drug-likeness (QED) is 0.324. The predicted octanol–water partition coefficient (Wildman–Crippen LogP) is 2.24. The smallest absolute Gasteiger partial charge is 0.191 e. The van der Waals surface area contributed by atoms with Crippen LogP contribution in [0.3, 0.4) is 0 Å². The minimum Gasteiger partial charge on any atom is -0.497 e. The molecule has 0 aliphatic carbocycles. The zero-order valence-electron chi connectivity index (χ0n) is 15.8. The first-order valence-corrected chi connectivity index (χ1v) is 9.03. The highest BCUT2D eigenvalue weighted by Gasteiger charge is 1.99. The third-order valence-electron chi connectivity index (χ3n) is 3.62. The average Bonchev–Trinajstić information content (AvgIpc) is 2.65. The van der Waals surface area contributed by atoms with Gasteiger partial charge in [-0.25, -0.2) is 0 Å². The van der Waals surface area contributed by atoms with Gasteiger partial charge >= 0.3 is 0 Å². The van der Waals surface area contributed by atoms with Gasteiger partial charge in [-0.1, -0.05) is 25.5 Å². The summed E-state index contributed by atoms with van der Waals surface area (Å²) in [5, 5.41) is 6.54. The van der Waals surface area contributed by atoms with Crippen LogP contribution in [0.4, 0.5) is 0 Å². The van der Waals surface area contributed by atoms with Gasteiger partial charge in [0, 0.05) is 26.7 Å². The first kappa shape index (κ1) is 21.3. The van der Waals surface area contributed by atoms with Crippen LogP contribution in [0.15, 0.2) is 29.3 Å². The second-order valence-corrected chi connectivity index (χ2v) is 5.61. The number of rotatable bonds is 13. The van der Waals surface area contributed by atoms with Crippen molar-refractivity contribution < 1.29 is 14.2 Å². The van der Waals surface area contributed by atoms with Crippen molar-refractivity contribution >= 4 is 5.96 Å². The Morgan fingerprint density at radius 2 is 1.80 bits per heavy atom. The molecule has 0 aliphatic heterocycles. The number of methoxy groups -OCH3 is 1. The topological polar surface area (TPSA) is 64.1 Å². The van der Waals surface area contributed by atoms with E-state index in [1.807, 2.05) is 18.2 Å². The van der Waals surface area contributed by atoms with E-state index < -0.39 is 0 Å². The Hall–Kier alpha value is -1.79. The fourth-order valence-corrected chi connectivity index (χ4v) is 2.18. The maximum atomic E-state index is 5.52. The zero-order valence-corrected chi connectivity index (χ0v) is 15.8. The van der Waals surface area contributed by atoms with E-state index in [1.54, 1.807) is 14.2 Å².